The van der Waals surface area contributed by atoms with E-state index in [1.807, 2.05) is 0 Å². The van der Waals surface area contributed by atoms with Gasteiger partial charge >= 0.3 is 0 Å². The zero-order chi connectivity index (χ0) is 23.3. The van der Waals surface area contributed by atoms with Crippen LogP contribution in [0.5, 0.6) is 0 Å². The second kappa shape index (κ2) is 10.5. The first kappa shape index (κ1) is 23.6. The average Bonchev–Trinajstić information content (AvgIpc) is 2.75. The van der Waals surface area contributed by atoms with Gasteiger partial charge in [-0.05, 0) is 31.0 Å². The van der Waals surface area contributed by atoms with Crippen LogP contribution < -0.4 is 5.73 Å². The van der Waals surface area contributed by atoms with E-state index in [2.05, 4.69) is 21.8 Å². The van der Waals surface area contributed by atoms with E-state index >= 15 is 4.39 Å². The summed E-state index contributed by atoms with van der Waals surface area (Å²) in [6.07, 6.45) is -2.06. The van der Waals surface area contributed by atoms with E-state index in [0.717, 1.165) is 6.42 Å². The van der Waals surface area contributed by atoms with E-state index in [1.165, 1.54) is 4.90 Å². The third-order valence-corrected chi connectivity index (χ3v) is 5.45. The van der Waals surface area contributed by atoms with Crippen molar-refractivity contribution in [2.75, 3.05) is 26.7 Å². The first-order valence-electron chi connectivity index (χ1n) is 10.5. The predicted octanol–water partition coefficient (Wildman–Crippen LogP) is 0.816. The van der Waals surface area contributed by atoms with Crippen LogP contribution in [0.2, 0.25) is 0 Å². The third kappa shape index (κ3) is 5.58. The van der Waals surface area contributed by atoms with Crippen molar-refractivity contribution in [3.05, 3.63) is 35.4 Å². The molecule has 9 heteroatoms. The highest BCUT2D eigenvalue weighted by molar-refractivity contribution is 6.67. The van der Waals surface area contributed by atoms with Crippen LogP contribution >= 0.6 is 0 Å². The van der Waals surface area contributed by atoms with Gasteiger partial charge in [0, 0.05) is 32.2 Å². The molecule has 0 radical (unpaired) electrons. The zero-order valence-electron chi connectivity index (χ0n) is 18.1. The van der Waals surface area contributed by atoms with Crippen LogP contribution in [0.25, 0.3) is 0 Å². The molecule has 0 bridgehead atoms. The lowest BCUT2D eigenvalue weighted by Crippen LogP contribution is -2.39. The molecule has 0 spiro atoms. The number of hydrogen-bond donors (Lipinski definition) is 2. The second-order valence-corrected chi connectivity index (χ2v) is 7.73. The highest BCUT2D eigenvalue weighted by Gasteiger charge is 2.33. The lowest BCUT2D eigenvalue weighted by atomic mass is 9.92. The van der Waals surface area contributed by atoms with Crippen molar-refractivity contribution in [2.24, 2.45) is 15.7 Å². The smallest absolute Gasteiger partial charge is 0.268 e. The minimum Gasteiger partial charge on any atom is -0.376 e. The Kier molecular flexibility index (Phi) is 7.72. The fourth-order valence-corrected chi connectivity index (χ4v) is 3.34. The summed E-state index contributed by atoms with van der Waals surface area (Å²) in [5.74, 6) is 3.99. The number of halogens is 1. The molecule has 4 atom stereocenters. The second-order valence-electron chi connectivity index (χ2n) is 7.73. The van der Waals surface area contributed by atoms with E-state index in [0.29, 0.717) is 30.8 Å². The van der Waals surface area contributed by atoms with E-state index in [-0.39, 0.29) is 23.9 Å². The van der Waals surface area contributed by atoms with Gasteiger partial charge in [0.15, 0.2) is 6.10 Å². The summed E-state index contributed by atoms with van der Waals surface area (Å²) >= 11 is 0. The number of ether oxygens (including phenoxy) is 1. The number of amides is 2. The van der Waals surface area contributed by atoms with Crippen molar-refractivity contribution in [1.29, 1.82) is 0 Å². The Morgan fingerprint density at radius 3 is 2.84 bits per heavy atom. The number of likely N-dealkylation sites (N-methyl/N-ethyl adjacent to an activating group) is 1. The number of carbonyl (C=O) groups excluding carboxylic acids is 2. The lowest BCUT2D eigenvalue weighted by Gasteiger charge is -2.27. The molecule has 8 nitrogen and oxygen atoms in total. The molecular weight excluding hydrogens is 415 g/mol. The van der Waals surface area contributed by atoms with Gasteiger partial charge in [-0.15, -0.1) is 0 Å². The third-order valence-electron chi connectivity index (χ3n) is 5.45. The van der Waals surface area contributed by atoms with Crippen molar-refractivity contribution in [3.8, 4) is 11.8 Å². The molecule has 2 aliphatic rings. The normalized spacial score (nSPS) is 24.6. The van der Waals surface area contributed by atoms with Crippen LogP contribution in [0.4, 0.5) is 4.39 Å². The Morgan fingerprint density at radius 2 is 2.22 bits per heavy atom. The molecule has 4 unspecified atom stereocenters. The summed E-state index contributed by atoms with van der Waals surface area (Å²) in [5, 5.41) is 9.96. The van der Waals surface area contributed by atoms with Crippen molar-refractivity contribution in [2.45, 2.75) is 44.2 Å². The maximum atomic E-state index is 15.0. The first-order valence-corrected chi connectivity index (χ1v) is 10.5. The standard InChI is InChI=1S/C23H27FN4O4/c1-3-28(2)23(31)19(29)8-7-14-5-4-6-15(11-14)20-17(24)12-18(21(27-20)22(25)30)26-13-16-9-10-32-16/h4-6,11,16-17,19-20,29H,3,9-10,12-13H2,1-2H3,(H2,25,30). The van der Waals surface area contributed by atoms with Crippen LogP contribution in [-0.2, 0) is 14.3 Å². The van der Waals surface area contributed by atoms with Crippen LogP contribution in [0.15, 0.2) is 34.3 Å². The van der Waals surface area contributed by atoms with E-state index in [9.17, 15) is 14.7 Å². The molecule has 1 saturated heterocycles. The minimum atomic E-state index is -1.45. The van der Waals surface area contributed by atoms with Crippen molar-refractivity contribution >= 4 is 23.2 Å². The number of alkyl halides is 1. The van der Waals surface area contributed by atoms with Crippen molar-refractivity contribution in [3.63, 3.8) is 0 Å². The lowest BCUT2D eigenvalue weighted by molar-refractivity contribution is -0.135. The molecule has 2 heterocycles. The van der Waals surface area contributed by atoms with Gasteiger partial charge in [-0.25, -0.2) is 4.39 Å². The van der Waals surface area contributed by atoms with Gasteiger partial charge in [0.1, 0.15) is 17.9 Å². The summed E-state index contributed by atoms with van der Waals surface area (Å²) < 4.78 is 20.3. The Morgan fingerprint density at radius 1 is 1.47 bits per heavy atom. The molecule has 2 aliphatic heterocycles. The average molecular weight is 442 g/mol. The Hall–Kier alpha value is -3.09. The van der Waals surface area contributed by atoms with Crippen LogP contribution in [0.1, 0.15) is 36.9 Å². The molecular formula is C23H27FN4O4. The summed E-state index contributed by atoms with van der Waals surface area (Å²) in [4.78, 5) is 33.8. The fourth-order valence-electron chi connectivity index (χ4n) is 3.34. The fraction of sp³-hybridized carbons (Fsp3) is 0.478. The van der Waals surface area contributed by atoms with Crippen LogP contribution in [-0.4, -0.2) is 78.4 Å². The Bertz CT molecular complexity index is 993. The van der Waals surface area contributed by atoms with Crippen LogP contribution in [0, 0.1) is 11.8 Å². The van der Waals surface area contributed by atoms with Gasteiger partial charge in [-0.2, -0.15) is 0 Å². The highest BCUT2D eigenvalue weighted by Crippen LogP contribution is 2.31. The van der Waals surface area contributed by atoms with E-state index < -0.39 is 30.1 Å². The summed E-state index contributed by atoms with van der Waals surface area (Å²) in [7, 11) is 1.57. The highest BCUT2D eigenvalue weighted by atomic mass is 19.1. The summed E-state index contributed by atoms with van der Waals surface area (Å²) in [6, 6.07) is 5.72. The number of benzene rings is 1. The first-order chi connectivity index (χ1) is 15.3. The quantitative estimate of drug-likeness (QED) is 0.634. The van der Waals surface area contributed by atoms with Gasteiger partial charge in [-0.3, -0.25) is 19.6 Å². The van der Waals surface area contributed by atoms with Gasteiger partial charge in [0.25, 0.3) is 11.8 Å². The van der Waals surface area contributed by atoms with E-state index in [4.69, 9.17) is 10.5 Å². The maximum absolute atomic E-state index is 15.0. The maximum Gasteiger partial charge on any atom is 0.268 e. The number of aliphatic hydroxyl groups is 1. The van der Waals surface area contributed by atoms with Crippen molar-refractivity contribution < 1.29 is 23.8 Å². The van der Waals surface area contributed by atoms with Gasteiger partial charge in [0.2, 0.25) is 0 Å². The minimum absolute atomic E-state index is 0.0120. The van der Waals surface area contributed by atoms with Crippen molar-refractivity contribution in [1.82, 2.24) is 4.90 Å². The predicted molar refractivity (Wildman–Crippen MR) is 118 cm³/mol. The number of carbonyl (C=O) groups is 2. The molecule has 170 valence electrons. The summed E-state index contributed by atoms with van der Waals surface area (Å²) in [6.45, 7) is 3.27. The Labute approximate surface area is 186 Å². The number of primary amides is 1. The molecule has 0 aromatic heterocycles. The SMILES string of the molecule is CCN(C)C(=O)C(O)C#Cc1cccc(C2N=C(C(N)=O)C(=NCC3CCO3)CC2F)c1. The summed E-state index contributed by atoms with van der Waals surface area (Å²) in [5.41, 5.74) is 6.71. The molecule has 1 fully saturated rings. The largest absolute Gasteiger partial charge is 0.376 e. The molecule has 1 aromatic carbocycles. The zero-order valence-corrected chi connectivity index (χ0v) is 18.1. The topological polar surface area (TPSA) is 118 Å². The Balaban J connectivity index is 1.82. The van der Waals surface area contributed by atoms with Gasteiger partial charge in [0.05, 0.1) is 18.4 Å². The molecule has 0 aliphatic carbocycles. The van der Waals surface area contributed by atoms with Gasteiger partial charge in [-0.1, -0.05) is 24.0 Å². The molecule has 32 heavy (non-hydrogen) atoms. The number of aliphatic hydroxyl groups excluding tert-OH is 1. The van der Waals surface area contributed by atoms with E-state index in [1.54, 1.807) is 38.2 Å². The number of aliphatic imine (C=N–C) groups is 2. The number of rotatable bonds is 6. The number of nitrogens with zero attached hydrogens (tertiary/aromatic N) is 3. The molecule has 3 rings (SSSR count). The molecule has 2 amide bonds. The molecule has 0 saturated carbocycles. The monoisotopic (exact) mass is 442 g/mol. The van der Waals surface area contributed by atoms with Crippen LogP contribution in [0.3, 0.4) is 0 Å². The number of nitrogens with two attached hydrogens (primary N) is 1. The molecule has 3 N–H and O–H groups in total. The number of hydrogen-bond acceptors (Lipinski definition) is 6. The molecule has 1 aromatic rings. The van der Waals surface area contributed by atoms with Gasteiger partial charge < -0.3 is 20.5 Å².